The fraction of sp³-hybridized carbons (Fsp3) is 0.350. The zero-order valence-electron chi connectivity index (χ0n) is 15.3. The molecule has 0 saturated heterocycles. The number of para-hydroxylation sites is 1. The molecule has 3 rings (SSSR count). The maximum atomic E-state index is 13.1. The van der Waals surface area contributed by atoms with Gasteiger partial charge in [-0.05, 0) is 33.8 Å². The van der Waals surface area contributed by atoms with Crippen LogP contribution in [0.15, 0.2) is 30.5 Å². The normalized spacial score (nSPS) is 11.6. The van der Waals surface area contributed by atoms with Gasteiger partial charge in [-0.2, -0.15) is 0 Å². The number of amides is 1. The summed E-state index contributed by atoms with van der Waals surface area (Å²) in [5.74, 6) is -0.158. The van der Waals surface area contributed by atoms with Crippen LogP contribution in [0.25, 0.3) is 21.9 Å². The van der Waals surface area contributed by atoms with Crippen molar-refractivity contribution >= 4 is 34.1 Å². The Morgan fingerprint density at radius 1 is 1.16 bits per heavy atom. The van der Waals surface area contributed by atoms with E-state index >= 15 is 0 Å². The molecular weight excluding hydrogens is 314 g/mol. The predicted octanol–water partition coefficient (Wildman–Crippen LogP) is 3.80. The molecule has 3 aromatic rings. The van der Waals surface area contributed by atoms with Gasteiger partial charge in [0.05, 0.1) is 11.1 Å². The van der Waals surface area contributed by atoms with Gasteiger partial charge in [0, 0.05) is 41.7 Å². The first-order valence-corrected chi connectivity index (χ1v) is 8.52. The van der Waals surface area contributed by atoms with Gasteiger partial charge in [-0.1, -0.05) is 18.2 Å². The number of hydrogen-bond acceptors (Lipinski definition) is 3. The first kappa shape index (κ1) is 17.1. The molecule has 0 spiro atoms. The molecule has 0 unspecified atom stereocenters. The van der Waals surface area contributed by atoms with E-state index in [4.69, 9.17) is 0 Å². The highest BCUT2D eigenvalue weighted by atomic mass is 16.2. The van der Waals surface area contributed by atoms with Crippen LogP contribution in [-0.2, 0) is 7.05 Å². The summed E-state index contributed by atoms with van der Waals surface area (Å²) in [5.41, 5.74) is 2.47. The third-order valence-electron chi connectivity index (χ3n) is 4.65. The van der Waals surface area contributed by atoms with Gasteiger partial charge in [0.1, 0.15) is 5.65 Å². The van der Waals surface area contributed by atoms with E-state index in [0.29, 0.717) is 16.8 Å². The number of rotatable bonds is 4. The van der Waals surface area contributed by atoms with Crippen LogP contribution >= 0.6 is 0 Å². The highest BCUT2D eigenvalue weighted by molar-refractivity contribution is 6.17. The van der Waals surface area contributed by atoms with E-state index < -0.39 is 0 Å². The van der Waals surface area contributed by atoms with Crippen molar-refractivity contribution in [3.63, 3.8) is 0 Å². The molecule has 0 aliphatic carbocycles. The zero-order chi connectivity index (χ0) is 18.3. The van der Waals surface area contributed by atoms with Crippen LogP contribution in [0.5, 0.6) is 0 Å². The number of nitrogens with zero attached hydrogens (tertiary/aromatic N) is 3. The zero-order valence-corrected chi connectivity index (χ0v) is 15.3. The fourth-order valence-corrected chi connectivity index (χ4v) is 3.62. The highest BCUT2D eigenvalue weighted by Crippen LogP contribution is 2.31. The monoisotopic (exact) mass is 337 g/mol. The second-order valence-electron chi connectivity index (χ2n) is 6.88. The molecule has 1 amide bonds. The number of fused-ring (bicyclic) bond motifs is 3. The molecule has 5 nitrogen and oxygen atoms in total. The van der Waals surface area contributed by atoms with Crippen molar-refractivity contribution in [3.8, 4) is 0 Å². The summed E-state index contributed by atoms with van der Waals surface area (Å²) in [5, 5.41) is 1.68. The van der Waals surface area contributed by atoms with Gasteiger partial charge in [-0.3, -0.25) is 9.59 Å². The molecule has 0 aliphatic rings. The third kappa shape index (κ3) is 2.60. The fourth-order valence-electron chi connectivity index (χ4n) is 3.62. The standard InChI is InChI=1S/C20H23N3O2/c1-12(2)23(13(3)4)20(25)15-10-21-19-18(16(15)11-24)14-8-6-7-9-17(14)22(19)5/h6-13H,1-5H3. The largest absolute Gasteiger partial charge is 0.334 e. The molecule has 2 heterocycles. The minimum Gasteiger partial charge on any atom is -0.334 e. The smallest absolute Gasteiger partial charge is 0.256 e. The lowest BCUT2D eigenvalue weighted by molar-refractivity contribution is 0.0641. The summed E-state index contributed by atoms with van der Waals surface area (Å²) in [6.07, 6.45) is 2.31. The van der Waals surface area contributed by atoms with E-state index in [2.05, 4.69) is 4.98 Å². The number of benzene rings is 1. The summed E-state index contributed by atoms with van der Waals surface area (Å²) in [7, 11) is 1.92. The molecular formula is C20H23N3O2. The molecule has 0 atom stereocenters. The Bertz CT molecular complexity index is 962. The second kappa shape index (κ2) is 6.31. The van der Waals surface area contributed by atoms with Crippen LogP contribution in [0, 0.1) is 0 Å². The summed E-state index contributed by atoms with van der Waals surface area (Å²) in [6.45, 7) is 7.90. The van der Waals surface area contributed by atoms with Crippen molar-refractivity contribution in [1.29, 1.82) is 0 Å². The first-order chi connectivity index (χ1) is 11.9. The molecule has 2 aromatic heterocycles. The SMILES string of the molecule is CC(C)N(C(=O)c1cnc2c(c1C=O)c1ccccc1n2C)C(C)C. The predicted molar refractivity (Wildman–Crippen MR) is 100 cm³/mol. The highest BCUT2D eigenvalue weighted by Gasteiger charge is 2.26. The van der Waals surface area contributed by atoms with Gasteiger partial charge in [0.2, 0.25) is 0 Å². The van der Waals surface area contributed by atoms with E-state index in [1.165, 1.54) is 6.20 Å². The number of aryl methyl sites for hydroxylation is 1. The van der Waals surface area contributed by atoms with Crippen molar-refractivity contribution < 1.29 is 9.59 Å². The van der Waals surface area contributed by atoms with E-state index in [1.54, 1.807) is 4.90 Å². The Labute approximate surface area is 147 Å². The van der Waals surface area contributed by atoms with Gasteiger partial charge in [0.25, 0.3) is 5.91 Å². The van der Waals surface area contributed by atoms with Crippen LogP contribution in [0.3, 0.4) is 0 Å². The van der Waals surface area contributed by atoms with Gasteiger partial charge >= 0.3 is 0 Å². The second-order valence-corrected chi connectivity index (χ2v) is 6.88. The quantitative estimate of drug-likeness (QED) is 0.681. The van der Waals surface area contributed by atoms with Crippen molar-refractivity contribution in [2.24, 2.45) is 7.05 Å². The summed E-state index contributed by atoms with van der Waals surface area (Å²) in [6, 6.07) is 7.91. The van der Waals surface area contributed by atoms with Crippen molar-refractivity contribution in [2.45, 2.75) is 39.8 Å². The van der Waals surface area contributed by atoms with E-state index in [0.717, 1.165) is 22.6 Å². The minimum atomic E-state index is -0.158. The molecule has 0 bridgehead atoms. The Morgan fingerprint density at radius 3 is 2.40 bits per heavy atom. The lowest BCUT2D eigenvalue weighted by atomic mass is 10.0. The van der Waals surface area contributed by atoms with Crippen LogP contribution in [-0.4, -0.2) is 38.7 Å². The van der Waals surface area contributed by atoms with Crippen LogP contribution in [0.1, 0.15) is 48.4 Å². The Kier molecular flexibility index (Phi) is 4.33. The van der Waals surface area contributed by atoms with Crippen LogP contribution < -0.4 is 0 Å². The average molecular weight is 337 g/mol. The van der Waals surface area contributed by atoms with Gasteiger partial charge in [0.15, 0.2) is 6.29 Å². The molecule has 0 N–H and O–H groups in total. The Balaban J connectivity index is 2.33. The van der Waals surface area contributed by atoms with Gasteiger partial charge < -0.3 is 9.47 Å². The molecule has 0 fully saturated rings. The van der Waals surface area contributed by atoms with Crippen molar-refractivity contribution in [1.82, 2.24) is 14.5 Å². The van der Waals surface area contributed by atoms with E-state index in [9.17, 15) is 9.59 Å². The number of aldehydes is 1. The van der Waals surface area contributed by atoms with Gasteiger partial charge in [-0.25, -0.2) is 4.98 Å². The lowest BCUT2D eigenvalue weighted by Gasteiger charge is -2.31. The molecule has 130 valence electrons. The maximum Gasteiger partial charge on any atom is 0.256 e. The van der Waals surface area contributed by atoms with Gasteiger partial charge in [-0.15, -0.1) is 0 Å². The summed E-state index contributed by atoms with van der Waals surface area (Å²) >= 11 is 0. The number of carbonyl (C=O) groups excluding carboxylic acids is 2. The molecule has 0 saturated carbocycles. The number of aromatic nitrogens is 2. The Hall–Kier alpha value is -2.69. The first-order valence-electron chi connectivity index (χ1n) is 8.52. The molecule has 0 radical (unpaired) electrons. The number of hydrogen-bond donors (Lipinski definition) is 0. The van der Waals surface area contributed by atoms with E-state index in [1.807, 2.05) is 63.6 Å². The third-order valence-corrected chi connectivity index (χ3v) is 4.65. The number of carbonyl (C=O) groups is 2. The van der Waals surface area contributed by atoms with Crippen LogP contribution in [0.2, 0.25) is 0 Å². The summed E-state index contributed by atoms with van der Waals surface area (Å²) in [4.78, 5) is 31.4. The van der Waals surface area contributed by atoms with Crippen molar-refractivity contribution in [2.75, 3.05) is 0 Å². The summed E-state index contributed by atoms with van der Waals surface area (Å²) < 4.78 is 1.95. The topological polar surface area (TPSA) is 55.2 Å². The molecule has 1 aromatic carbocycles. The molecule has 0 aliphatic heterocycles. The Morgan fingerprint density at radius 2 is 1.80 bits per heavy atom. The number of pyridine rings is 1. The minimum absolute atomic E-state index is 0.0372. The van der Waals surface area contributed by atoms with Crippen molar-refractivity contribution in [3.05, 3.63) is 41.6 Å². The lowest BCUT2D eigenvalue weighted by Crippen LogP contribution is -2.42. The molecule has 5 heteroatoms. The van der Waals surface area contributed by atoms with E-state index in [-0.39, 0.29) is 18.0 Å². The van der Waals surface area contributed by atoms with Crippen LogP contribution in [0.4, 0.5) is 0 Å². The molecule has 25 heavy (non-hydrogen) atoms. The maximum absolute atomic E-state index is 13.1. The average Bonchev–Trinajstić information content (AvgIpc) is 2.86.